The van der Waals surface area contributed by atoms with E-state index in [2.05, 4.69) is 55.7 Å². The van der Waals surface area contributed by atoms with Crippen LogP contribution in [0.1, 0.15) is 23.1 Å². The van der Waals surface area contributed by atoms with Gasteiger partial charge in [-0.2, -0.15) is 4.99 Å². The molecule has 1 saturated heterocycles. The molecule has 0 aliphatic carbocycles. The first kappa shape index (κ1) is 29.1. The number of urea groups is 1. The average molecular weight is 593 g/mol. The van der Waals surface area contributed by atoms with Crippen LogP contribution in [0.25, 0.3) is 17.1 Å². The predicted molar refractivity (Wildman–Crippen MR) is 159 cm³/mol. The smallest absolute Gasteiger partial charge is 0.406 e. The number of carbonyl (C=O) groups is 1. The SMILES string of the molecule is Cc1cccc(C)c1N1CCCSC1=NC(=O)N=CCc1ccc(-c2ncn(-c3ccc(OC(F)(F)F)cc3)n2)cc1. The lowest BCUT2D eigenvalue weighted by Crippen LogP contribution is -2.35. The molecule has 0 saturated carbocycles. The molecule has 0 radical (unpaired) electrons. The van der Waals surface area contributed by atoms with Crippen LogP contribution in [0.15, 0.2) is 83.0 Å². The standard InChI is InChI=1S/C30H27F3N6O2S/c1-20-5-3-6-21(2)26(20)38-17-4-18-42-29(38)36-28(40)34-16-15-22-7-9-23(10-8-22)27-35-19-39(37-27)24-11-13-25(14-12-24)41-30(31,32)33/h3,5-14,16,19H,4,15,17-18H2,1-2H3. The van der Waals surface area contributed by atoms with Gasteiger partial charge in [-0.05, 0) is 61.2 Å². The van der Waals surface area contributed by atoms with E-state index in [0.29, 0.717) is 23.1 Å². The van der Waals surface area contributed by atoms with E-state index < -0.39 is 12.4 Å². The Hall–Kier alpha value is -4.45. The van der Waals surface area contributed by atoms with Crippen molar-refractivity contribution in [3.05, 3.63) is 89.7 Å². The molecule has 8 nitrogen and oxygen atoms in total. The maximum Gasteiger partial charge on any atom is 0.573 e. The third-order valence-corrected chi connectivity index (χ3v) is 7.52. The van der Waals surface area contributed by atoms with Gasteiger partial charge in [-0.1, -0.05) is 54.2 Å². The Bertz CT molecular complexity index is 1600. The van der Waals surface area contributed by atoms with E-state index in [0.717, 1.165) is 46.7 Å². The summed E-state index contributed by atoms with van der Waals surface area (Å²) in [7, 11) is 0. The topological polar surface area (TPSA) is 85.0 Å². The van der Waals surface area contributed by atoms with Gasteiger partial charge < -0.3 is 9.64 Å². The number of amidine groups is 1. The minimum absolute atomic E-state index is 0.313. The number of aryl methyl sites for hydroxylation is 2. The first-order valence-electron chi connectivity index (χ1n) is 13.2. The van der Waals surface area contributed by atoms with Gasteiger partial charge in [0.25, 0.3) is 0 Å². The number of ether oxygens (including phenoxy) is 1. The Morgan fingerprint density at radius 3 is 2.45 bits per heavy atom. The van der Waals surface area contributed by atoms with Crippen LogP contribution in [-0.4, -0.2) is 50.8 Å². The minimum atomic E-state index is -4.75. The first-order valence-corrected chi connectivity index (χ1v) is 14.1. The van der Waals surface area contributed by atoms with Crippen molar-refractivity contribution in [2.75, 3.05) is 17.2 Å². The summed E-state index contributed by atoms with van der Waals surface area (Å²) in [6.07, 6.45) is -0.263. The second kappa shape index (κ2) is 12.6. The lowest BCUT2D eigenvalue weighted by Gasteiger charge is -2.31. The predicted octanol–water partition coefficient (Wildman–Crippen LogP) is 7.18. The molecule has 2 amide bonds. The van der Waals surface area contributed by atoms with Gasteiger partial charge in [0.2, 0.25) is 0 Å². The van der Waals surface area contributed by atoms with Gasteiger partial charge >= 0.3 is 12.4 Å². The maximum atomic E-state index is 12.6. The molecule has 0 N–H and O–H groups in total. The van der Waals surface area contributed by atoms with Crippen LogP contribution in [-0.2, 0) is 6.42 Å². The van der Waals surface area contributed by atoms with E-state index in [-0.39, 0.29) is 5.75 Å². The van der Waals surface area contributed by atoms with E-state index >= 15 is 0 Å². The lowest BCUT2D eigenvalue weighted by atomic mass is 10.1. The molecule has 216 valence electrons. The van der Waals surface area contributed by atoms with Crippen LogP contribution in [0.3, 0.4) is 0 Å². The molecular formula is C30H27F3N6O2S. The van der Waals surface area contributed by atoms with Crippen molar-refractivity contribution in [3.8, 4) is 22.8 Å². The van der Waals surface area contributed by atoms with Crippen molar-refractivity contribution >= 4 is 34.9 Å². The van der Waals surface area contributed by atoms with E-state index in [1.54, 1.807) is 18.0 Å². The molecule has 0 unspecified atom stereocenters. The van der Waals surface area contributed by atoms with Gasteiger partial charge in [0, 0.05) is 36.2 Å². The molecule has 42 heavy (non-hydrogen) atoms. The number of aromatic nitrogens is 3. The van der Waals surface area contributed by atoms with Crippen LogP contribution in [0.5, 0.6) is 5.75 Å². The molecule has 2 heterocycles. The first-order chi connectivity index (χ1) is 20.2. The highest BCUT2D eigenvalue weighted by molar-refractivity contribution is 8.14. The number of alkyl halides is 3. The minimum Gasteiger partial charge on any atom is -0.406 e. The molecule has 4 aromatic rings. The number of halogens is 3. The molecule has 12 heteroatoms. The number of rotatable bonds is 6. The molecule has 0 atom stereocenters. The van der Waals surface area contributed by atoms with Crippen molar-refractivity contribution in [3.63, 3.8) is 0 Å². The van der Waals surface area contributed by atoms with Gasteiger partial charge in [-0.15, -0.1) is 18.3 Å². The maximum absolute atomic E-state index is 12.6. The summed E-state index contributed by atoms with van der Waals surface area (Å²) in [4.78, 5) is 27.3. The molecule has 3 aromatic carbocycles. The molecule has 0 bridgehead atoms. The van der Waals surface area contributed by atoms with Crippen molar-refractivity contribution < 1.29 is 22.7 Å². The molecule has 1 aromatic heterocycles. The van der Waals surface area contributed by atoms with Gasteiger partial charge in [0.15, 0.2) is 11.0 Å². The number of thioether (sulfide) groups is 1. The number of nitrogens with zero attached hydrogens (tertiary/aromatic N) is 6. The fourth-order valence-corrected chi connectivity index (χ4v) is 5.48. The van der Waals surface area contributed by atoms with Crippen molar-refractivity contribution in [1.82, 2.24) is 14.8 Å². The fourth-order valence-electron chi connectivity index (χ4n) is 4.54. The molecule has 1 aliphatic rings. The van der Waals surface area contributed by atoms with E-state index in [1.165, 1.54) is 35.3 Å². The Kier molecular flexibility index (Phi) is 8.72. The summed E-state index contributed by atoms with van der Waals surface area (Å²) in [6, 6.07) is 18.4. The Balaban J connectivity index is 1.20. The van der Waals surface area contributed by atoms with Crippen molar-refractivity contribution in [1.29, 1.82) is 0 Å². The zero-order valence-corrected chi connectivity index (χ0v) is 23.7. The molecule has 1 fully saturated rings. The number of carbonyl (C=O) groups excluding carboxylic acids is 1. The van der Waals surface area contributed by atoms with E-state index in [1.807, 2.05) is 30.3 Å². The van der Waals surface area contributed by atoms with E-state index in [9.17, 15) is 18.0 Å². The Morgan fingerprint density at radius 2 is 1.76 bits per heavy atom. The summed E-state index contributed by atoms with van der Waals surface area (Å²) < 4.78 is 42.5. The number of benzene rings is 3. The quantitative estimate of drug-likeness (QED) is 0.221. The molecule has 5 rings (SSSR count). The lowest BCUT2D eigenvalue weighted by molar-refractivity contribution is -0.274. The zero-order chi connectivity index (χ0) is 29.7. The summed E-state index contributed by atoms with van der Waals surface area (Å²) in [5.74, 6) is 1.04. The number of aliphatic imine (C=N–C) groups is 2. The van der Waals surface area contributed by atoms with Crippen LogP contribution in [0.2, 0.25) is 0 Å². The fraction of sp³-hybridized carbons (Fsp3) is 0.233. The highest BCUT2D eigenvalue weighted by Gasteiger charge is 2.31. The normalized spacial score (nSPS) is 15.0. The van der Waals surface area contributed by atoms with Crippen LogP contribution < -0.4 is 9.64 Å². The molecule has 0 spiro atoms. The van der Waals surface area contributed by atoms with Crippen LogP contribution >= 0.6 is 11.8 Å². The average Bonchev–Trinajstić information content (AvgIpc) is 3.44. The summed E-state index contributed by atoms with van der Waals surface area (Å²) >= 11 is 1.57. The molecule has 1 aliphatic heterocycles. The van der Waals surface area contributed by atoms with Crippen LogP contribution in [0.4, 0.5) is 23.7 Å². The van der Waals surface area contributed by atoms with Gasteiger partial charge in [0.05, 0.1) is 5.69 Å². The molecular weight excluding hydrogens is 565 g/mol. The number of anilines is 1. The largest absolute Gasteiger partial charge is 0.573 e. The summed E-state index contributed by atoms with van der Waals surface area (Å²) in [5, 5.41) is 5.08. The summed E-state index contributed by atoms with van der Waals surface area (Å²) in [6.45, 7) is 4.92. The van der Waals surface area contributed by atoms with Crippen LogP contribution in [0, 0.1) is 13.8 Å². The highest BCUT2D eigenvalue weighted by Crippen LogP contribution is 2.31. The van der Waals surface area contributed by atoms with E-state index in [4.69, 9.17) is 0 Å². The van der Waals surface area contributed by atoms with Gasteiger partial charge in [0.1, 0.15) is 12.1 Å². The Labute approximate surface area is 245 Å². The van der Waals surface area contributed by atoms with Gasteiger partial charge in [-0.3, -0.25) is 0 Å². The number of hydrogen-bond acceptors (Lipinski definition) is 5. The Morgan fingerprint density at radius 1 is 1.05 bits per heavy atom. The highest BCUT2D eigenvalue weighted by atomic mass is 32.2. The second-order valence-corrected chi connectivity index (χ2v) is 10.6. The summed E-state index contributed by atoms with van der Waals surface area (Å²) in [5.41, 5.74) is 5.60. The zero-order valence-electron chi connectivity index (χ0n) is 22.9. The van der Waals surface area contributed by atoms with Gasteiger partial charge in [-0.25, -0.2) is 19.5 Å². The number of amides is 2. The van der Waals surface area contributed by atoms with Crippen molar-refractivity contribution in [2.45, 2.75) is 33.1 Å². The number of hydrogen-bond donors (Lipinski definition) is 0. The third-order valence-electron chi connectivity index (χ3n) is 6.46. The third kappa shape index (κ3) is 7.24. The second-order valence-electron chi connectivity index (χ2n) is 9.54. The number of para-hydroxylation sites is 1. The van der Waals surface area contributed by atoms with Crippen molar-refractivity contribution in [2.24, 2.45) is 9.98 Å². The monoisotopic (exact) mass is 592 g/mol.